The van der Waals surface area contributed by atoms with Crippen LogP contribution in [0.25, 0.3) is 0 Å². The van der Waals surface area contributed by atoms with Gasteiger partial charge in [0.2, 0.25) is 5.91 Å². The second kappa shape index (κ2) is 4.96. The second-order valence-electron chi connectivity index (χ2n) is 2.79. The number of carbonyl (C=O) groups is 2. The number of aromatic carboxylic acids is 1. The zero-order valence-electron chi connectivity index (χ0n) is 7.66. The number of nitrogen functional groups attached to an aromatic ring is 1. The summed E-state index contributed by atoms with van der Waals surface area (Å²) >= 11 is 1.93. The Morgan fingerprint density at radius 2 is 2.13 bits per heavy atom. The number of carboxylic acids is 1. The minimum Gasteiger partial charge on any atom is -0.478 e. The van der Waals surface area contributed by atoms with Gasteiger partial charge in [0.15, 0.2) is 0 Å². The van der Waals surface area contributed by atoms with Crippen LogP contribution in [0.5, 0.6) is 0 Å². The van der Waals surface area contributed by atoms with Crippen molar-refractivity contribution in [1.29, 1.82) is 0 Å². The molecule has 1 amide bonds. The van der Waals surface area contributed by atoms with Gasteiger partial charge in [-0.25, -0.2) is 4.79 Å². The molecule has 0 aliphatic heterocycles. The first kappa shape index (κ1) is 11.8. The van der Waals surface area contributed by atoms with Crippen LogP contribution in [-0.2, 0) is 4.79 Å². The van der Waals surface area contributed by atoms with E-state index in [0.29, 0.717) is 10.1 Å². The lowest BCUT2D eigenvalue weighted by atomic mass is 10.1. The van der Waals surface area contributed by atoms with E-state index in [1.165, 1.54) is 18.2 Å². The van der Waals surface area contributed by atoms with Crippen molar-refractivity contribution in [2.45, 2.75) is 0 Å². The smallest absolute Gasteiger partial charge is 0.337 e. The molecule has 0 spiro atoms. The number of rotatable bonds is 3. The number of halogens is 1. The summed E-state index contributed by atoms with van der Waals surface area (Å²) in [6.07, 6.45) is 0. The van der Waals surface area contributed by atoms with E-state index in [-0.39, 0.29) is 17.2 Å². The number of hydrogen-bond donors (Lipinski definition) is 3. The Morgan fingerprint density at radius 3 is 2.60 bits per heavy atom. The number of nitrogens with two attached hydrogens (primary N) is 1. The molecule has 0 aliphatic carbocycles. The van der Waals surface area contributed by atoms with E-state index in [2.05, 4.69) is 5.32 Å². The number of nitrogens with one attached hydrogen (secondary N) is 1. The first-order valence-electron chi connectivity index (χ1n) is 4.03. The molecular formula is C9H9IN2O3. The maximum absolute atomic E-state index is 11.0. The van der Waals surface area contributed by atoms with E-state index >= 15 is 0 Å². The molecule has 0 fully saturated rings. The lowest BCUT2D eigenvalue weighted by Crippen LogP contribution is -2.13. The van der Waals surface area contributed by atoms with Crippen molar-refractivity contribution in [3.05, 3.63) is 23.8 Å². The Labute approximate surface area is 99.8 Å². The molecule has 0 radical (unpaired) electrons. The van der Waals surface area contributed by atoms with Gasteiger partial charge >= 0.3 is 5.97 Å². The van der Waals surface area contributed by atoms with E-state index in [1.54, 1.807) is 0 Å². The van der Waals surface area contributed by atoms with E-state index in [1.807, 2.05) is 22.6 Å². The first-order valence-corrected chi connectivity index (χ1v) is 5.55. The average Bonchev–Trinajstić information content (AvgIpc) is 2.17. The Balaban J connectivity index is 2.91. The van der Waals surface area contributed by atoms with Gasteiger partial charge in [0.25, 0.3) is 0 Å². The van der Waals surface area contributed by atoms with Crippen molar-refractivity contribution in [3.63, 3.8) is 0 Å². The van der Waals surface area contributed by atoms with Crippen LogP contribution in [0.2, 0.25) is 0 Å². The molecule has 15 heavy (non-hydrogen) atoms. The molecule has 0 bridgehead atoms. The molecule has 1 aromatic carbocycles. The van der Waals surface area contributed by atoms with Crippen molar-refractivity contribution >= 4 is 45.8 Å². The summed E-state index contributed by atoms with van der Waals surface area (Å²) in [6.45, 7) is 0. The van der Waals surface area contributed by atoms with Crippen LogP contribution in [0.3, 0.4) is 0 Å². The number of benzene rings is 1. The predicted molar refractivity (Wildman–Crippen MR) is 65.3 cm³/mol. The Bertz CT molecular complexity index is 406. The van der Waals surface area contributed by atoms with E-state index in [0.717, 1.165) is 0 Å². The highest BCUT2D eigenvalue weighted by atomic mass is 127. The number of hydrogen-bond acceptors (Lipinski definition) is 3. The summed E-state index contributed by atoms with van der Waals surface area (Å²) in [4.78, 5) is 21.7. The summed E-state index contributed by atoms with van der Waals surface area (Å²) in [5, 5.41) is 11.3. The van der Waals surface area contributed by atoms with E-state index < -0.39 is 5.97 Å². The number of carboxylic acid groups (broad SMARTS) is 1. The number of anilines is 2. The second-order valence-corrected chi connectivity index (χ2v) is 3.55. The molecule has 80 valence electrons. The van der Waals surface area contributed by atoms with Gasteiger partial charge in [-0.2, -0.15) is 0 Å². The maximum Gasteiger partial charge on any atom is 0.337 e. The van der Waals surface area contributed by atoms with Crippen molar-refractivity contribution in [2.75, 3.05) is 15.5 Å². The van der Waals surface area contributed by atoms with Gasteiger partial charge in [-0.3, -0.25) is 4.79 Å². The standard InChI is InChI=1S/C9H9IN2O3/c10-4-8(13)12-5-1-2-6(9(14)15)7(11)3-5/h1-3H,4,11H2,(H,12,13)(H,14,15). The van der Waals surface area contributed by atoms with Crippen LogP contribution in [0.15, 0.2) is 18.2 Å². The highest BCUT2D eigenvalue weighted by Crippen LogP contribution is 2.17. The zero-order valence-corrected chi connectivity index (χ0v) is 9.82. The van der Waals surface area contributed by atoms with Crippen molar-refractivity contribution in [1.82, 2.24) is 0 Å². The van der Waals surface area contributed by atoms with Gasteiger partial charge in [0.1, 0.15) is 0 Å². The van der Waals surface area contributed by atoms with Gasteiger partial charge < -0.3 is 16.2 Å². The van der Waals surface area contributed by atoms with E-state index in [4.69, 9.17) is 10.8 Å². The van der Waals surface area contributed by atoms with Crippen LogP contribution in [-0.4, -0.2) is 21.4 Å². The minimum atomic E-state index is -1.08. The topological polar surface area (TPSA) is 92.4 Å². The van der Waals surface area contributed by atoms with Gasteiger partial charge in [0, 0.05) is 11.4 Å². The summed E-state index contributed by atoms with van der Waals surface area (Å²) in [5.41, 5.74) is 6.17. The lowest BCUT2D eigenvalue weighted by Gasteiger charge is -2.05. The molecular weight excluding hydrogens is 311 g/mol. The normalized spacial score (nSPS) is 9.67. The molecule has 0 unspecified atom stereocenters. The molecule has 1 rings (SSSR count). The van der Waals surface area contributed by atoms with Crippen LogP contribution in [0.1, 0.15) is 10.4 Å². The summed E-state index contributed by atoms with van der Waals surface area (Å²) in [6, 6.07) is 4.29. The molecule has 0 saturated heterocycles. The molecule has 0 aliphatic rings. The number of amides is 1. The maximum atomic E-state index is 11.0. The highest BCUT2D eigenvalue weighted by molar-refractivity contribution is 14.1. The average molecular weight is 320 g/mol. The fourth-order valence-electron chi connectivity index (χ4n) is 1.03. The Kier molecular flexibility index (Phi) is 3.89. The lowest BCUT2D eigenvalue weighted by molar-refractivity contribution is -0.113. The van der Waals surface area contributed by atoms with Gasteiger partial charge in [-0.05, 0) is 18.2 Å². The Hall–Kier alpha value is -1.31. The predicted octanol–water partition coefficient (Wildman–Crippen LogP) is 1.34. The molecule has 6 heteroatoms. The highest BCUT2D eigenvalue weighted by Gasteiger charge is 2.08. The third kappa shape index (κ3) is 3.08. The van der Waals surface area contributed by atoms with Gasteiger partial charge in [0.05, 0.1) is 9.99 Å². The SMILES string of the molecule is Nc1cc(NC(=O)CI)ccc1C(=O)O. The van der Waals surface area contributed by atoms with Crippen molar-refractivity contribution in [3.8, 4) is 0 Å². The molecule has 0 heterocycles. The van der Waals surface area contributed by atoms with Crippen molar-refractivity contribution in [2.24, 2.45) is 0 Å². The fraction of sp³-hybridized carbons (Fsp3) is 0.111. The third-order valence-corrected chi connectivity index (χ3v) is 2.38. The number of carbonyl (C=O) groups excluding carboxylic acids is 1. The van der Waals surface area contributed by atoms with Gasteiger partial charge in [-0.15, -0.1) is 0 Å². The van der Waals surface area contributed by atoms with Crippen LogP contribution < -0.4 is 11.1 Å². The molecule has 0 aromatic heterocycles. The molecule has 0 atom stereocenters. The molecule has 4 N–H and O–H groups in total. The minimum absolute atomic E-state index is 0.0301. The van der Waals surface area contributed by atoms with Crippen molar-refractivity contribution < 1.29 is 14.7 Å². The Morgan fingerprint density at radius 1 is 1.47 bits per heavy atom. The molecule has 5 nitrogen and oxygen atoms in total. The summed E-state index contributed by atoms with van der Waals surface area (Å²) in [7, 11) is 0. The molecule has 1 aromatic rings. The zero-order chi connectivity index (χ0) is 11.4. The first-order chi connectivity index (χ1) is 7.04. The van der Waals surface area contributed by atoms with Crippen LogP contribution >= 0.6 is 22.6 Å². The third-order valence-electron chi connectivity index (χ3n) is 1.69. The van der Waals surface area contributed by atoms with Gasteiger partial charge in [-0.1, -0.05) is 22.6 Å². The summed E-state index contributed by atoms with van der Waals surface area (Å²) < 4.78 is 0.332. The van der Waals surface area contributed by atoms with Crippen LogP contribution in [0, 0.1) is 0 Å². The monoisotopic (exact) mass is 320 g/mol. The fourth-order valence-corrected chi connectivity index (χ4v) is 1.22. The number of alkyl halides is 1. The molecule has 0 saturated carbocycles. The largest absolute Gasteiger partial charge is 0.478 e. The summed E-state index contributed by atoms with van der Waals surface area (Å²) in [5.74, 6) is -1.24. The van der Waals surface area contributed by atoms with Crippen LogP contribution in [0.4, 0.5) is 11.4 Å². The van der Waals surface area contributed by atoms with E-state index in [9.17, 15) is 9.59 Å². The quantitative estimate of drug-likeness (QED) is 0.445.